The van der Waals surface area contributed by atoms with Crippen molar-refractivity contribution in [2.45, 2.75) is 45.6 Å². The minimum absolute atomic E-state index is 0.0409. The van der Waals surface area contributed by atoms with Gasteiger partial charge in [0.25, 0.3) is 5.91 Å². The van der Waals surface area contributed by atoms with Crippen LogP contribution in [0, 0.1) is 11.8 Å². The highest BCUT2D eigenvalue weighted by Crippen LogP contribution is 2.38. The van der Waals surface area contributed by atoms with E-state index in [1.54, 1.807) is 29.2 Å². The molecule has 1 aromatic rings. The van der Waals surface area contributed by atoms with E-state index >= 15 is 0 Å². The molecule has 0 aromatic heterocycles. The lowest BCUT2D eigenvalue weighted by molar-refractivity contribution is -0.117. The summed E-state index contributed by atoms with van der Waals surface area (Å²) in [6.45, 7) is 4.94. The van der Waals surface area contributed by atoms with Gasteiger partial charge in [0.1, 0.15) is 0 Å². The van der Waals surface area contributed by atoms with Crippen LogP contribution < -0.4 is 10.0 Å². The second kappa shape index (κ2) is 8.61. The van der Waals surface area contributed by atoms with Gasteiger partial charge in [-0.25, -0.2) is 13.1 Å². The fourth-order valence-corrected chi connectivity index (χ4v) is 4.98. The number of likely N-dealkylation sites (tertiary alicyclic amines) is 1. The normalized spacial score (nSPS) is 22.7. The predicted molar refractivity (Wildman–Crippen MR) is 108 cm³/mol. The third-order valence-corrected chi connectivity index (χ3v) is 7.09. The maximum absolute atomic E-state index is 12.7. The Morgan fingerprint density at radius 3 is 2.29 bits per heavy atom. The minimum Gasteiger partial charge on any atom is -0.339 e. The Hall–Kier alpha value is -1.93. The summed E-state index contributed by atoms with van der Waals surface area (Å²) >= 11 is 0. The van der Waals surface area contributed by atoms with Crippen LogP contribution in [0.15, 0.2) is 24.3 Å². The van der Waals surface area contributed by atoms with Gasteiger partial charge in [-0.2, -0.15) is 0 Å². The molecule has 0 spiro atoms. The topological polar surface area (TPSA) is 95.6 Å². The van der Waals surface area contributed by atoms with Crippen LogP contribution in [0.25, 0.3) is 0 Å². The van der Waals surface area contributed by atoms with Gasteiger partial charge < -0.3 is 10.2 Å². The van der Waals surface area contributed by atoms with Gasteiger partial charge in [0.05, 0.1) is 5.75 Å². The summed E-state index contributed by atoms with van der Waals surface area (Å²) in [6, 6.07) is 6.85. The zero-order valence-electron chi connectivity index (χ0n) is 16.5. The predicted octanol–water partition coefficient (Wildman–Crippen LogP) is 2.22. The first-order chi connectivity index (χ1) is 13.3. The second-order valence-corrected chi connectivity index (χ2v) is 9.76. The lowest BCUT2D eigenvalue weighted by atomic mass is 10.0. The Morgan fingerprint density at radius 2 is 1.75 bits per heavy atom. The molecule has 2 aliphatic rings. The molecule has 1 saturated carbocycles. The van der Waals surface area contributed by atoms with Crippen LogP contribution in [0.4, 0.5) is 5.69 Å². The van der Waals surface area contributed by atoms with E-state index in [9.17, 15) is 18.0 Å². The standard InChI is InChI=1S/C20H29N3O4S/c1-3-12-28(26,27)22-17-8-10-23(11-9-17)20(25)15-4-6-16(7-5-15)21-19(24)18-13-14(18)2/h4-7,14,17-18,22H,3,8-13H2,1-2H3,(H,21,24). The summed E-state index contributed by atoms with van der Waals surface area (Å²) in [4.78, 5) is 26.4. The smallest absolute Gasteiger partial charge is 0.253 e. The van der Waals surface area contributed by atoms with E-state index in [1.165, 1.54) is 0 Å². The Balaban J connectivity index is 1.50. The van der Waals surface area contributed by atoms with Crippen molar-refractivity contribution in [3.8, 4) is 0 Å². The number of sulfonamides is 1. The highest BCUT2D eigenvalue weighted by atomic mass is 32.2. The van der Waals surface area contributed by atoms with E-state index < -0.39 is 10.0 Å². The molecule has 1 heterocycles. The lowest BCUT2D eigenvalue weighted by Gasteiger charge is -2.32. The molecule has 2 N–H and O–H groups in total. The number of piperidine rings is 1. The molecule has 154 valence electrons. The first-order valence-corrected chi connectivity index (χ1v) is 11.6. The fourth-order valence-electron chi connectivity index (χ4n) is 3.58. The van der Waals surface area contributed by atoms with Crippen LogP contribution in [0.3, 0.4) is 0 Å². The summed E-state index contributed by atoms with van der Waals surface area (Å²) in [7, 11) is -3.23. The number of benzene rings is 1. The Labute approximate surface area is 166 Å². The maximum Gasteiger partial charge on any atom is 0.253 e. The lowest BCUT2D eigenvalue weighted by Crippen LogP contribution is -2.46. The molecule has 2 fully saturated rings. The summed E-state index contributed by atoms with van der Waals surface area (Å²) in [6.07, 6.45) is 2.75. The van der Waals surface area contributed by atoms with Gasteiger partial charge in [-0.3, -0.25) is 9.59 Å². The molecule has 1 aliphatic heterocycles. The Morgan fingerprint density at radius 1 is 1.14 bits per heavy atom. The summed E-state index contributed by atoms with van der Waals surface area (Å²) < 4.78 is 26.5. The van der Waals surface area contributed by atoms with Crippen molar-refractivity contribution in [2.24, 2.45) is 11.8 Å². The SMILES string of the molecule is CCCS(=O)(=O)NC1CCN(C(=O)c2ccc(NC(=O)C3CC3C)cc2)CC1. The van der Waals surface area contributed by atoms with Crippen LogP contribution in [0.2, 0.25) is 0 Å². The average molecular weight is 408 g/mol. The number of rotatable bonds is 7. The molecule has 28 heavy (non-hydrogen) atoms. The van der Waals surface area contributed by atoms with Crippen LogP contribution >= 0.6 is 0 Å². The molecular formula is C20H29N3O4S. The van der Waals surface area contributed by atoms with Crippen molar-refractivity contribution in [1.82, 2.24) is 9.62 Å². The van der Waals surface area contributed by atoms with Gasteiger partial charge in [-0.15, -0.1) is 0 Å². The van der Waals surface area contributed by atoms with Crippen molar-refractivity contribution in [1.29, 1.82) is 0 Å². The minimum atomic E-state index is -3.23. The van der Waals surface area contributed by atoms with E-state index in [1.807, 2.05) is 6.92 Å². The van der Waals surface area contributed by atoms with E-state index in [-0.39, 0.29) is 29.5 Å². The van der Waals surface area contributed by atoms with Gasteiger partial charge in [-0.1, -0.05) is 13.8 Å². The fraction of sp³-hybridized carbons (Fsp3) is 0.600. The van der Waals surface area contributed by atoms with Gasteiger partial charge in [-0.05, 0) is 55.9 Å². The van der Waals surface area contributed by atoms with Crippen LogP contribution in [0.1, 0.15) is 49.9 Å². The van der Waals surface area contributed by atoms with Crippen LogP contribution in [0.5, 0.6) is 0 Å². The number of nitrogens with zero attached hydrogens (tertiary/aromatic N) is 1. The third-order valence-electron chi connectivity index (χ3n) is 5.45. The Kier molecular flexibility index (Phi) is 6.40. The molecule has 1 saturated heterocycles. The number of anilines is 1. The number of hydrogen-bond acceptors (Lipinski definition) is 4. The largest absolute Gasteiger partial charge is 0.339 e. The molecule has 1 aromatic carbocycles. The molecule has 8 heteroatoms. The van der Waals surface area contributed by atoms with Gasteiger partial charge >= 0.3 is 0 Å². The zero-order chi connectivity index (χ0) is 20.3. The number of amides is 2. The number of nitrogens with one attached hydrogen (secondary N) is 2. The number of carbonyl (C=O) groups excluding carboxylic acids is 2. The third kappa shape index (κ3) is 5.32. The molecule has 3 rings (SSSR count). The van der Waals surface area contributed by atoms with Gasteiger partial charge in [0.15, 0.2) is 0 Å². The van der Waals surface area contributed by atoms with E-state index in [0.29, 0.717) is 49.5 Å². The van der Waals surface area contributed by atoms with Crippen LogP contribution in [-0.2, 0) is 14.8 Å². The van der Waals surface area contributed by atoms with E-state index in [4.69, 9.17) is 0 Å². The van der Waals surface area contributed by atoms with Crippen molar-refractivity contribution in [3.05, 3.63) is 29.8 Å². The molecular weight excluding hydrogens is 378 g/mol. The van der Waals surface area contributed by atoms with Crippen molar-refractivity contribution in [2.75, 3.05) is 24.2 Å². The number of carbonyl (C=O) groups is 2. The molecule has 0 bridgehead atoms. The average Bonchev–Trinajstić information content (AvgIpc) is 3.39. The molecule has 2 atom stereocenters. The van der Waals surface area contributed by atoms with Crippen LogP contribution in [-0.4, -0.2) is 50.0 Å². The zero-order valence-corrected chi connectivity index (χ0v) is 17.3. The molecule has 1 aliphatic carbocycles. The Bertz CT molecular complexity index is 814. The maximum atomic E-state index is 12.7. The summed E-state index contributed by atoms with van der Waals surface area (Å²) in [5, 5.41) is 2.89. The van der Waals surface area contributed by atoms with E-state index in [0.717, 1.165) is 6.42 Å². The van der Waals surface area contributed by atoms with Gasteiger partial charge in [0, 0.05) is 36.3 Å². The molecule has 2 amide bonds. The number of hydrogen-bond donors (Lipinski definition) is 2. The summed E-state index contributed by atoms with van der Waals surface area (Å²) in [5.41, 5.74) is 1.27. The monoisotopic (exact) mass is 407 g/mol. The molecule has 0 radical (unpaired) electrons. The highest BCUT2D eigenvalue weighted by molar-refractivity contribution is 7.89. The first-order valence-electron chi connectivity index (χ1n) is 9.99. The first kappa shape index (κ1) is 20.8. The highest BCUT2D eigenvalue weighted by Gasteiger charge is 2.39. The molecule has 2 unspecified atom stereocenters. The van der Waals surface area contributed by atoms with Crippen molar-refractivity contribution < 1.29 is 18.0 Å². The summed E-state index contributed by atoms with van der Waals surface area (Å²) in [5.74, 6) is 0.671. The van der Waals surface area contributed by atoms with E-state index in [2.05, 4.69) is 17.0 Å². The second-order valence-electron chi connectivity index (χ2n) is 7.89. The quantitative estimate of drug-likeness (QED) is 0.724. The van der Waals surface area contributed by atoms with Crippen molar-refractivity contribution in [3.63, 3.8) is 0 Å². The van der Waals surface area contributed by atoms with Gasteiger partial charge in [0.2, 0.25) is 15.9 Å². The molecule has 7 nitrogen and oxygen atoms in total. The van der Waals surface area contributed by atoms with Crippen molar-refractivity contribution >= 4 is 27.5 Å².